The fourth-order valence-corrected chi connectivity index (χ4v) is 2.20. The monoisotopic (exact) mass is 207 g/mol. The summed E-state index contributed by atoms with van der Waals surface area (Å²) in [4.78, 5) is 0. The number of hydrogen-bond acceptors (Lipinski definition) is 3. The minimum absolute atomic E-state index is 0.132. The molecule has 1 aliphatic rings. The van der Waals surface area contributed by atoms with Crippen LogP contribution in [0.15, 0.2) is 0 Å². The van der Waals surface area contributed by atoms with Crippen molar-refractivity contribution < 1.29 is 13.0 Å². The summed E-state index contributed by atoms with van der Waals surface area (Å²) in [7, 11) is -3.76. The van der Waals surface area contributed by atoms with Gasteiger partial charge in [-0.1, -0.05) is 12.8 Å². The standard InChI is InChI=1S/C8H17NO3S/c10-13(11,12)7-3-6-9-8-4-1-2-5-8/h8-9H,1-7H2,(H,10,11,12). The van der Waals surface area contributed by atoms with E-state index in [-0.39, 0.29) is 5.75 Å². The Morgan fingerprint density at radius 3 is 2.46 bits per heavy atom. The molecule has 0 aliphatic heterocycles. The summed E-state index contributed by atoms with van der Waals surface area (Å²) >= 11 is 0. The van der Waals surface area contributed by atoms with Crippen LogP contribution in [0.5, 0.6) is 0 Å². The number of hydrogen-bond donors (Lipinski definition) is 2. The van der Waals surface area contributed by atoms with E-state index in [1.165, 1.54) is 25.7 Å². The van der Waals surface area contributed by atoms with Crippen LogP contribution in [0.25, 0.3) is 0 Å². The molecule has 1 saturated carbocycles. The highest BCUT2D eigenvalue weighted by atomic mass is 32.2. The molecule has 13 heavy (non-hydrogen) atoms. The van der Waals surface area contributed by atoms with Gasteiger partial charge in [-0.05, 0) is 25.8 Å². The van der Waals surface area contributed by atoms with E-state index in [1.807, 2.05) is 0 Å². The Morgan fingerprint density at radius 2 is 1.92 bits per heavy atom. The van der Waals surface area contributed by atoms with E-state index in [2.05, 4.69) is 5.32 Å². The van der Waals surface area contributed by atoms with Gasteiger partial charge in [0.1, 0.15) is 0 Å². The molecule has 5 heteroatoms. The van der Waals surface area contributed by atoms with Crippen LogP contribution in [0.1, 0.15) is 32.1 Å². The molecule has 0 spiro atoms. The Hall–Kier alpha value is -0.130. The Balaban J connectivity index is 2.01. The van der Waals surface area contributed by atoms with Crippen molar-refractivity contribution >= 4 is 10.1 Å². The Labute approximate surface area is 79.5 Å². The van der Waals surface area contributed by atoms with Gasteiger partial charge in [-0.25, -0.2) is 0 Å². The zero-order chi connectivity index (χ0) is 9.73. The van der Waals surface area contributed by atoms with Gasteiger partial charge in [0, 0.05) is 6.04 Å². The quantitative estimate of drug-likeness (QED) is 0.517. The first-order chi connectivity index (χ1) is 6.08. The molecular weight excluding hydrogens is 190 g/mol. The summed E-state index contributed by atoms with van der Waals surface area (Å²) in [6.07, 6.45) is 5.44. The average molecular weight is 207 g/mol. The molecule has 0 unspecified atom stereocenters. The minimum Gasteiger partial charge on any atom is -0.314 e. The van der Waals surface area contributed by atoms with E-state index in [1.54, 1.807) is 0 Å². The first kappa shape index (κ1) is 10.9. The van der Waals surface area contributed by atoms with Gasteiger partial charge in [-0.15, -0.1) is 0 Å². The van der Waals surface area contributed by atoms with Gasteiger partial charge < -0.3 is 5.32 Å². The summed E-state index contributed by atoms with van der Waals surface area (Å²) < 4.78 is 29.2. The second-order valence-corrected chi connectivity index (χ2v) is 5.15. The molecule has 0 bridgehead atoms. The molecule has 0 aromatic heterocycles. The lowest BCUT2D eigenvalue weighted by Crippen LogP contribution is -2.28. The molecule has 78 valence electrons. The van der Waals surface area contributed by atoms with Crippen LogP contribution in [-0.4, -0.2) is 31.3 Å². The molecule has 0 amide bonds. The zero-order valence-corrected chi connectivity index (χ0v) is 8.52. The number of nitrogens with one attached hydrogen (secondary N) is 1. The van der Waals surface area contributed by atoms with Gasteiger partial charge >= 0.3 is 0 Å². The largest absolute Gasteiger partial charge is 0.314 e. The third-order valence-corrected chi connectivity index (χ3v) is 3.17. The van der Waals surface area contributed by atoms with Gasteiger partial charge in [0.05, 0.1) is 5.75 Å². The molecule has 0 aromatic carbocycles. The van der Waals surface area contributed by atoms with Crippen molar-refractivity contribution in [3.8, 4) is 0 Å². The van der Waals surface area contributed by atoms with Gasteiger partial charge in [0.2, 0.25) is 0 Å². The fourth-order valence-electron chi connectivity index (χ4n) is 1.69. The van der Waals surface area contributed by atoms with E-state index >= 15 is 0 Å². The summed E-state index contributed by atoms with van der Waals surface area (Å²) in [5.74, 6) is -0.132. The molecule has 1 fully saturated rings. The van der Waals surface area contributed by atoms with E-state index in [0.717, 1.165) is 0 Å². The van der Waals surface area contributed by atoms with Crippen molar-refractivity contribution in [2.24, 2.45) is 0 Å². The zero-order valence-electron chi connectivity index (χ0n) is 7.70. The third-order valence-electron chi connectivity index (χ3n) is 2.37. The first-order valence-electron chi connectivity index (χ1n) is 4.76. The Kier molecular flexibility index (Phi) is 4.15. The maximum atomic E-state index is 10.4. The second kappa shape index (κ2) is 4.93. The molecule has 2 N–H and O–H groups in total. The second-order valence-electron chi connectivity index (χ2n) is 3.58. The van der Waals surface area contributed by atoms with E-state index < -0.39 is 10.1 Å². The summed E-state index contributed by atoms with van der Waals surface area (Å²) in [6, 6.07) is 0.571. The smallest absolute Gasteiger partial charge is 0.264 e. The lowest BCUT2D eigenvalue weighted by Gasteiger charge is -2.10. The van der Waals surface area contributed by atoms with E-state index in [4.69, 9.17) is 4.55 Å². The SMILES string of the molecule is O=S(=O)(O)CCCNC1CCCC1. The molecule has 0 aromatic rings. The van der Waals surface area contributed by atoms with Crippen LogP contribution in [0.3, 0.4) is 0 Å². The van der Waals surface area contributed by atoms with Crippen LogP contribution < -0.4 is 5.32 Å². The molecule has 1 rings (SSSR count). The molecule has 0 atom stereocenters. The molecular formula is C8H17NO3S. The topological polar surface area (TPSA) is 66.4 Å². The Bertz CT molecular complexity index is 232. The van der Waals surface area contributed by atoms with Crippen LogP contribution in [0.4, 0.5) is 0 Å². The summed E-state index contributed by atoms with van der Waals surface area (Å²) in [5, 5.41) is 3.28. The van der Waals surface area contributed by atoms with Crippen LogP contribution in [0, 0.1) is 0 Å². The molecule has 0 radical (unpaired) electrons. The van der Waals surface area contributed by atoms with E-state index in [9.17, 15) is 8.42 Å². The minimum atomic E-state index is -3.76. The summed E-state index contributed by atoms with van der Waals surface area (Å²) in [5.41, 5.74) is 0. The maximum Gasteiger partial charge on any atom is 0.264 e. The average Bonchev–Trinajstić information content (AvgIpc) is 2.48. The Morgan fingerprint density at radius 1 is 1.31 bits per heavy atom. The highest BCUT2D eigenvalue weighted by Gasteiger charge is 2.13. The predicted molar refractivity (Wildman–Crippen MR) is 51.3 cm³/mol. The lowest BCUT2D eigenvalue weighted by molar-refractivity contribution is 0.474. The fraction of sp³-hybridized carbons (Fsp3) is 1.00. The van der Waals surface area contributed by atoms with E-state index in [0.29, 0.717) is 19.0 Å². The molecule has 0 saturated heterocycles. The maximum absolute atomic E-state index is 10.4. The molecule has 1 aliphatic carbocycles. The van der Waals surface area contributed by atoms with Gasteiger partial charge in [-0.3, -0.25) is 4.55 Å². The highest BCUT2D eigenvalue weighted by Crippen LogP contribution is 2.17. The van der Waals surface area contributed by atoms with Crippen molar-refractivity contribution in [2.45, 2.75) is 38.1 Å². The third kappa shape index (κ3) is 5.23. The van der Waals surface area contributed by atoms with Crippen LogP contribution in [0.2, 0.25) is 0 Å². The number of rotatable bonds is 5. The van der Waals surface area contributed by atoms with Crippen LogP contribution in [-0.2, 0) is 10.1 Å². The first-order valence-corrected chi connectivity index (χ1v) is 6.37. The predicted octanol–water partition coefficient (Wildman–Crippen LogP) is 0.796. The van der Waals surface area contributed by atoms with Crippen molar-refractivity contribution in [1.29, 1.82) is 0 Å². The van der Waals surface area contributed by atoms with Gasteiger partial charge in [-0.2, -0.15) is 8.42 Å². The molecule has 4 nitrogen and oxygen atoms in total. The van der Waals surface area contributed by atoms with Gasteiger partial charge in [0.15, 0.2) is 0 Å². The highest BCUT2D eigenvalue weighted by molar-refractivity contribution is 7.85. The lowest BCUT2D eigenvalue weighted by atomic mass is 10.2. The van der Waals surface area contributed by atoms with Crippen molar-refractivity contribution in [2.75, 3.05) is 12.3 Å². The van der Waals surface area contributed by atoms with Gasteiger partial charge in [0.25, 0.3) is 10.1 Å². The normalized spacial score (nSPS) is 19.5. The van der Waals surface area contributed by atoms with Crippen molar-refractivity contribution in [3.05, 3.63) is 0 Å². The summed E-state index contributed by atoms with van der Waals surface area (Å²) in [6.45, 7) is 0.685. The molecule has 0 heterocycles. The van der Waals surface area contributed by atoms with Crippen molar-refractivity contribution in [3.63, 3.8) is 0 Å². The van der Waals surface area contributed by atoms with Crippen molar-refractivity contribution in [1.82, 2.24) is 5.32 Å². The van der Waals surface area contributed by atoms with Crippen LogP contribution >= 0.6 is 0 Å².